The Kier molecular flexibility index (Phi) is 2.94. The van der Waals surface area contributed by atoms with E-state index in [0.717, 1.165) is 4.90 Å². The molecule has 0 aromatic heterocycles. The van der Waals surface area contributed by atoms with Crippen molar-refractivity contribution in [2.45, 2.75) is 37.4 Å². The molecule has 98 valence electrons. The molecule has 17 heavy (non-hydrogen) atoms. The van der Waals surface area contributed by atoms with Gasteiger partial charge in [0.25, 0.3) is 0 Å². The Morgan fingerprint density at radius 1 is 1.41 bits per heavy atom. The van der Waals surface area contributed by atoms with Crippen molar-refractivity contribution in [1.29, 1.82) is 0 Å². The normalized spacial score (nSPS) is 36.6. The largest absolute Gasteiger partial charge is 0.522 e. The average Bonchev–Trinajstić information content (AvgIpc) is 2.70. The molecule has 2 aliphatic rings. The monoisotopic (exact) mass is 255 g/mol. The smallest absolute Gasteiger partial charge is 0.465 e. The number of fused-ring (bicyclic) bond motifs is 2. The molecular formula is C9H12F3NO4. The second-order valence-corrected chi connectivity index (χ2v) is 4.33. The molecule has 1 heterocycles. The molecule has 2 bridgehead atoms. The van der Waals surface area contributed by atoms with Crippen LogP contribution in [0, 0.1) is 5.92 Å². The summed E-state index contributed by atoms with van der Waals surface area (Å²) in [6, 6.07) is -1.28. The van der Waals surface area contributed by atoms with E-state index in [1.54, 1.807) is 0 Å². The zero-order chi connectivity index (χ0) is 12.8. The maximum atomic E-state index is 12.1. The molecule has 1 aliphatic heterocycles. The molecule has 0 aromatic rings. The topological polar surface area (TPSA) is 70.0 Å². The lowest BCUT2D eigenvalue weighted by atomic mass is 9.96. The molecule has 2 N–H and O–H groups in total. The first-order valence-corrected chi connectivity index (χ1v) is 5.20. The standard InChI is InChI=1S/C9H12F3NO4/c10-9(11,12)17-7-2-4-1-5(7)6(3-14)13(4)8(15)16/h4-7,14H,1-3H2,(H,15,16)/t4?,5?,6?,7-/m0/s1. The van der Waals surface area contributed by atoms with Gasteiger partial charge in [-0.1, -0.05) is 0 Å². The van der Waals surface area contributed by atoms with Crippen LogP contribution >= 0.6 is 0 Å². The third-order valence-corrected chi connectivity index (χ3v) is 3.46. The Labute approximate surface area is 94.8 Å². The van der Waals surface area contributed by atoms with Gasteiger partial charge in [0.05, 0.1) is 18.8 Å². The van der Waals surface area contributed by atoms with Gasteiger partial charge in [-0.05, 0) is 12.8 Å². The highest BCUT2D eigenvalue weighted by Crippen LogP contribution is 2.45. The van der Waals surface area contributed by atoms with Crippen molar-refractivity contribution < 1.29 is 32.9 Å². The molecule has 1 aliphatic carbocycles. The summed E-state index contributed by atoms with van der Waals surface area (Å²) in [5.74, 6) is -0.581. The summed E-state index contributed by atoms with van der Waals surface area (Å²) in [6.07, 6.45) is -6.62. The lowest BCUT2D eigenvalue weighted by molar-refractivity contribution is -0.349. The minimum absolute atomic E-state index is 0.0347. The fraction of sp³-hybridized carbons (Fsp3) is 0.889. The Bertz CT molecular complexity index is 322. The number of nitrogens with zero attached hydrogens (tertiary/aromatic N) is 1. The van der Waals surface area contributed by atoms with Crippen LogP contribution in [-0.2, 0) is 4.74 Å². The number of rotatable bonds is 2. The molecule has 1 saturated heterocycles. The van der Waals surface area contributed by atoms with Crippen LogP contribution in [0.2, 0.25) is 0 Å². The molecule has 3 unspecified atom stereocenters. The van der Waals surface area contributed by atoms with Crippen LogP contribution in [0.1, 0.15) is 12.8 Å². The summed E-state index contributed by atoms with van der Waals surface area (Å²) in [7, 11) is 0. The Hall–Kier alpha value is -1.02. The summed E-state index contributed by atoms with van der Waals surface area (Å²) in [5, 5.41) is 18.0. The van der Waals surface area contributed by atoms with Gasteiger partial charge < -0.3 is 10.2 Å². The second-order valence-electron chi connectivity index (χ2n) is 4.33. The number of alkyl halides is 3. The number of hydrogen-bond acceptors (Lipinski definition) is 3. The summed E-state index contributed by atoms with van der Waals surface area (Å²) in [6.45, 7) is -0.481. The predicted octanol–water partition coefficient (Wildman–Crippen LogP) is 1.02. The Balaban J connectivity index is 2.09. The highest BCUT2D eigenvalue weighted by molar-refractivity contribution is 5.67. The summed E-state index contributed by atoms with van der Waals surface area (Å²) < 4.78 is 40.3. The van der Waals surface area contributed by atoms with Crippen molar-refractivity contribution in [3.63, 3.8) is 0 Å². The van der Waals surface area contributed by atoms with Gasteiger partial charge in [0, 0.05) is 12.0 Å². The molecule has 5 nitrogen and oxygen atoms in total. The lowest BCUT2D eigenvalue weighted by Gasteiger charge is -2.36. The molecule has 2 rings (SSSR count). The van der Waals surface area contributed by atoms with Gasteiger partial charge in [-0.15, -0.1) is 13.2 Å². The van der Waals surface area contributed by atoms with E-state index >= 15 is 0 Å². The molecule has 0 spiro atoms. The highest BCUT2D eigenvalue weighted by atomic mass is 19.4. The molecular weight excluding hydrogens is 243 g/mol. The zero-order valence-electron chi connectivity index (χ0n) is 8.72. The van der Waals surface area contributed by atoms with Gasteiger partial charge >= 0.3 is 12.5 Å². The van der Waals surface area contributed by atoms with Gasteiger partial charge in [0.2, 0.25) is 0 Å². The van der Waals surface area contributed by atoms with Gasteiger partial charge in [-0.2, -0.15) is 0 Å². The van der Waals surface area contributed by atoms with E-state index in [0.29, 0.717) is 6.42 Å². The Morgan fingerprint density at radius 3 is 2.53 bits per heavy atom. The van der Waals surface area contributed by atoms with Gasteiger partial charge in [-0.25, -0.2) is 4.79 Å². The van der Waals surface area contributed by atoms with Gasteiger partial charge in [-0.3, -0.25) is 9.64 Å². The summed E-state index contributed by atoms with van der Waals surface area (Å²) in [4.78, 5) is 11.9. The zero-order valence-corrected chi connectivity index (χ0v) is 8.72. The molecule has 1 saturated carbocycles. The van der Waals surface area contributed by atoms with Crippen LogP contribution in [0.5, 0.6) is 0 Å². The van der Waals surface area contributed by atoms with Crippen molar-refractivity contribution in [3.8, 4) is 0 Å². The van der Waals surface area contributed by atoms with Crippen molar-refractivity contribution in [2.75, 3.05) is 6.61 Å². The number of carboxylic acid groups (broad SMARTS) is 1. The van der Waals surface area contributed by atoms with Crippen molar-refractivity contribution in [1.82, 2.24) is 4.90 Å². The van der Waals surface area contributed by atoms with Gasteiger partial charge in [0.1, 0.15) is 0 Å². The maximum Gasteiger partial charge on any atom is 0.522 e. The van der Waals surface area contributed by atoms with Crippen LogP contribution in [0.15, 0.2) is 0 Å². The second kappa shape index (κ2) is 4.02. The fourth-order valence-corrected chi connectivity index (χ4v) is 2.94. The molecule has 1 amide bonds. The number of aliphatic hydroxyl groups excluding tert-OH is 1. The number of likely N-dealkylation sites (tertiary alicyclic amines) is 1. The number of ether oxygens (including phenoxy) is 1. The number of aliphatic hydroxyl groups is 1. The van der Waals surface area contributed by atoms with Crippen LogP contribution in [0.4, 0.5) is 18.0 Å². The van der Waals surface area contributed by atoms with Crippen molar-refractivity contribution in [2.24, 2.45) is 5.92 Å². The first-order chi connectivity index (χ1) is 7.83. The van der Waals surface area contributed by atoms with E-state index in [9.17, 15) is 18.0 Å². The fourth-order valence-electron chi connectivity index (χ4n) is 2.94. The molecule has 0 radical (unpaired) electrons. The van der Waals surface area contributed by atoms with Crippen molar-refractivity contribution in [3.05, 3.63) is 0 Å². The minimum Gasteiger partial charge on any atom is -0.465 e. The highest BCUT2D eigenvalue weighted by Gasteiger charge is 2.55. The average molecular weight is 255 g/mol. The molecule has 2 fully saturated rings. The third kappa shape index (κ3) is 2.19. The first kappa shape index (κ1) is 12.4. The summed E-state index contributed by atoms with van der Waals surface area (Å²) >= 11 is 0. The van der Waals surface area contributed by atoms with E-state index in [1.807, 2.05) is 0 Å². The predicted molar refractivity (Wildman–Crippen MR) is 48.2 cm³/mol. The molecule has 0 aromatic carbocycles. The van der Waals surface area contributed by atoms with Crippen LogP contribution < -0.4 is 0 Å². The lowest BCUT2D eigenvalue weighted by Crippen LogP contribution is -2.51. The van der Waals surface area contributed by atoms with Gasteiger partial charge in [0.15, 0.2) is 0 Å². The van der Waals surface area contributed by atoms with E-state index < -0.39 is 43.2 Å². The molecule has 8 heteroatoms. The number of hydrogen-bond donors (Lipinski definition) is 2. The van der Waals surface area contributed by atoms with Crippen LogP contribution in [0.3, 0.4) is 0 Å². The van der Waals surface area contributed by atoms with Crippen LogP contribution in [-0.4, -0.2) is 52.4 Å². The van der Waals surface area contributed by atoms with E-state index in [1.165, 1.54) is 0 Å². The number of halogens is 3. The maximum absolute atomic E-state index is 12.1. The van der Waals surface area contributed by atoms with E-state index in [-0.39, 0.29) is 6.42 Å². The Morgan fingerprint density at radius 2 is 2.06 bits per heavy atom. The summed E-state index contributed by atoms with van der Waals surface area (Å²) in [5.41, 5.74) is 0. The number of carbonyl (C=O) groups is 1. The van der Waals surface area contributed by atoms with Crippen LogP contribution in [0.25, 0.3) is 0 Å². The first-order valence-electron chi connectivity index (χ1n) is 5.20. The number of amides is 1. The molecule has 4 atom stereocenters. The number of piperidine rings is 1. The quantitative estimate of drug-likeness (QED) is 0.773. The van der Waals surface area contributed by atoms with Crippen molar-refractivity contribution >= 4 is 6.09 Å². The third-order valence-electron chi connectivity index (χ3n) is 3.46. The van der Waals surface area contributed by atoms with E-state index in [2.05, 4.69) is 4.74 Å². The minimum atomic E-state index is -4.72. The SMILES string of the molecule is O=C(O)N1C2CC(C1CO)[C@@H](OC(F)(F)F)C2. The van der Waals surface area contributed by atoms with E-state index in [4.69, 9.17) is 10.2 Å².